The zero-order valence-corrected chi connectivity index (χ0v) is 17.6. The van der Waals surface area contributed by atoms with Crippen LogP contribution in [0.15, 0.2) is 33.6 Å². The number of hydrogen-bond acceptors (Lipinski definition) is 3. The van der Waals surface area contributed by atoms with Crippen LogP contribution in [0.25, 0.3) is 0 Å². The molecule has 0 radical (unpaired) electrons. The van der Waals surface area contributed by atoms with Crippen LogP contribution in [0.3, 0.4) is 0 Å². The van der Waals surface area contributed by atoms with E-state index in [2.05, 4.69) is 15.9 Å². The first-order valence-electron chi connectivity index (χ1n) is 9.20. The number of amides is 1. The minimum Gasteiger partial charge on any atom is -0.342 e. The van der Waals surface area contributed by atoms with Gasteiger partial charge in [0.15, 0.2) is 0 Å². The van der Waals surface area contributed by atoms with Crippen molar-refractivity contribution in [3.05, 3.63) is 28.7 Å². The van der Waals surface area contributed by atoms with Crippen molar-refractivity contribution in [1.29, 1.82) is 0 Å². The SMILES string of the molecule is O=C(C1CCCN(S(=O)(=O)c2cccc(Br)c2)C1)N1CCCC(C(F)(F)F)C1. The Morgan fingerprint density at radius 3 is 2.50 bits per heavy atom. The van der Waals surface area contributed by atoms with Gasteiger partial charge < -0.3 is 4.90 Å². The van der Waals surface area contributed by atoms with E-state index >= 15 is 0 Å². The molecule has 0 bridgehead atoms. The Hall–Kier alpha value is -1.13. The lowest BCUT2D eigenvalue weighted by atomic mass is 9.93. The number of halogens is 4. The number of hydrogen-bond donors (Lipinski definition) is 0. The fraction of sp³-hybridized carbons (Fsp3) is 0.611. The third-order valence-electron chi connectivity index (χ3n) is 5.36. The van der Waals surface area contributed by atoms with Gasteiger partial charge in [-0.1, -0.05) is 22.0 Å². The number of nitrogens with zero attached hydrogens (tertiary/aromatic N) is 2. The van der Waals surface area contributed by atoms with E-state index in [9.17, 15) is 26.4 Å². The summed E-state index contributed by atoms with van der Waals surface area (Å²) in [5.74, 6) is -2.49. The first-order chi connectivity index (χ1) is 13.1. The average molecular weight is 483 g/mol. The smallest absolute Gasteiger partial charge is 0.342 e. The van der Waals surface area contributed by atoms with E-state index in [1.807, 2.05) is 0 Å². The Kier molecular flexibility index (Phi) is 6.41. The average Bonchev–Trinajstić information content (AvgIpc) is 2.67. The molecule has 10 heteroatoms. The molecule has 1 aromatic carbocycles. The highest BCUT2D eigenvalue weighted by Gasteiger charge is 2.44. The van der Waals surface area contributed by atoms with Gasteiger partial charge in [-0.15, -0.1) is 0 Å². The van der Waals surface area contributed by atoms with Gasteiger partial charge in [-0.25, -0.2) is 8.42 Å². The first kappa shape index (κ1) is 21.6. The quantitative estimate of drug-likeness (QED) is 0.660. The fourth-order valence-corrected chi connectivity index (χ4v) is 5.96. The van der Waals surface area contributed by atoms with Crippen molar-refractivity contribution < 1.29 is 26.4 Å². The molecule has 2 unspecified atom stereocenters. The van der Waals surface area contributed by atoms with Crippen molar-refractivity contribution in [3.63, 3.8) is 0 Å². The third kappa shape index (κ3) is 4.71. The Balaban J connectivity index is 1.71. The van der Waals surface area contributed by atoms with Crippen LogP contribution in [0.5, 0.6) is 0 Å². The highest BCUT2D eigenvalue weighted by atomic mass is 79.9. The maximum Gasteiger partial charge on any atom is 0.393 e. The van der Waals surface area contributed by atoms with Gasteiger partial charge >= 0.3 is 6.18 Å². The molecule has 3 rings (SSSR count). The number of carbonyl (C=O) groups excluding carboxylic acids is 1. The predicted molar refractivity (Wildman–Crippen MR) is 101 cm³/mol. The van der Waals surface area contributed by atoms with Gasteiger partial charge in [-0.2, -0.15) is 17.5 Å². The highest BCUT2D eigenvalue weighted by molar-refractivity contribution is 9.10. The zero-order chi connectivity index (χ0) is 20.5. The van der Waals surface area contributed by atoms with E-state index in [0.29, 0.717) is 36.8 Å². The van der Waals surface area contributed by atoms with Crippen molar-refractivity contribution >= 4 is 31.9 Å². The topological polar surface area (TPSA) is 57.7 Å². The van der Waals surface area contributed by atoms with Crippen molar-refractivity contribution in [2.75, 3.05) is 26.2 Å². The number of rotatable bonds is 3. The molecule has 5 nitrogen and oxygen atoms in total. The zero-order valence-electron chi connectivity index (χ0n) is 15.2. The molecule has 156 valence electrons. The van der Waals surface area contributed by atoms with Crippen LogP contribution >= 0.6 is 15.9 Å². The van der Waals surface area contributed by atoms with Crippen molar-refractivity contribution in [3.8, 4) is 0 Å². The maximum atomic E-state index is 13.0. The molecule has 0 N–H and O–H groups in total. The maximum absolute atomic E-state index is 13.0. The Morgan fingerprint density at radius 1 is 1.11 bits per heavy atom. The van der Waals surface area contributed by atoms with Crippen molar-refractivity contribution in [2.24, 2.45) is 11.8 Å². The summed E-state index contributed by atoms with van der Waals surface area (Å²) in [6, 6.07) is 6.33. The van der Waals surface area contributed by atoms with Gasteiger partial charge in [0, 0.05) is 30.7 Å². The third-order valence-corrected chi connectivity index (χ3v) is 7.72. The number of alkyl halides is 3. The lowest BCUT2D eigenvalue weighted by Gasteiger charge is -2.38. The van der Waals surface area contributed by atoms with Gasteiger partial charge in [0.2, 0.25) is 15.9 Å². The molecule has 2 aliphatic rings. The van der Waals surface area contributed by atoms with Crippen LogP contribution in [-0.2, 0) is 14.8 Å². The molecule has 2 aliphatic heterocycles. The molecule has 0 saturated carbocycles. The summed E-state index contributed by atoms with van der Waals surface area (Å²) in [5, 5.41) is 0. The van der Waals surface area contributed by atoms with E-state index in [4.69, 9.17) is 0 Å². The normalized spacial score (nSPS) is 24.9. The molecular weight excluding hydrogens is 461 g/mol. The lowest BCUT2D eigenvalue weighted by Crippen LogP contribution is -2.50. The number of likely N-dealkylation sites (tertiary alicyclic amines) is 1. The van der Waals surface area contributed by atoms with Gasteiger partial charge in [-0.3, -0.25) is 4.79 Å². The second-order valence-corrected chi connectivity index (χ2v) is 10.2. The summed E-state index contributed by atoms with van der Waals surface area (Å²) < 4.78 is 66.8. The Labute approximate surface area is 171 Å². The van der Waals surface area contributed by atoms with Crippen molar-refractivity contribution in [1.82, 2.24) is 9.21 Å². The van der Waals surface area contributed by atoms with Crippen molar-refractivity contribution in [2.45, 2.75) is 36.8 Å². The lowest BCUT2D eigenvalue weighted by molar-refractivity contribution is -0.188. The van der Waals surface area contributed by atoms with E-state index in [-0.39, 0.29) is 30.3 Å². The number of carbonyl (C=O) groups is 1. The van der Waals surface area contributed by atoms with Crippen LogP contribution in [-0.4, -0.2) is 55.9 Å². The monoisotopic (exact) mass is 482 g/mol. The predicted octanol–water partition coefficient (Wildman–Crippen LogP) is 3.65. The minimum atomic E-state index is -4.32. The summed E-state index contributed by atoms with van der Waals surface area (Å²) in [7, 11) is -3.76. The molecular formula is C18H22BrF3N2O3S. The van der Waals surface area contributed by atoms with Crippen LogP contribution in [0, 0.1) is 11.8 Å². The highest BCUT2D eigenvalue weighted by Crippen LogP contribution is 2.34. The second kappa shape index (κ2) is 8.31. The first-order valence-corrected chi connectivity index (χ1v) is 11.4. The standard InChI is InChI=1S/C18H22BrF3N2O3S/c19-15-6-1-7-16(10-15)28(26,27)24-9-2-4-13(11-24)17(25)23-8-3-5-14(12-23)18(20,21)22/h1,6-7,10,13-14H,2-5,8-9,11-12H2. The van der Waals surface area contributed by atoms with Gasteiger partial charge in [0.25, 0.3) is 0 Å². The molecule has 2 heterocycles. The number of benzene rings is 1. The molecule has 1 aromatic rings. The number of piperidine rings is 2. The summed E-state index contributed by atoms with van der Waals surface area (Å²) in [6.07, 6.45) is -3.00. The van der Waals surface area contributed by atoms with Crippen LogP contribution < -0.4 is 0 Å². The molecule has 0 aliphatic carbocycles. The van der Waals surface area contributed by atoms with Gasteiger partial charge in [0.05, 0.1) is 16.7 Å². The number of sulfonamides is 1. The van der Waals surface area contributed by atoms with Crippen LogP contribution in [0.4, 0.5) is 13.2 Å². The fourth-order valence-electron chi connectivity index (χ4n) is 3.84. The summed E-state index contributed by atoms with van der Waals surface area (Å²) in [4.78, 5) is 14.2. The van der Waals surface area contributed by atoms with Crippen LogP contribution in [0.1, 0.15) is 25.7 Å². The van der Waals surface area contributed by atoms with E-state index in [1.54, 1.807) is 12.1 Å². The molecule has 28 heavy (non-hydrogen) atoms. The Bertz CT molecular complexity index is 832. The molecule has 2 saturated heterocycles. The second-order valence-electron chi connectivity index (χ2n) is 7.32. The van der Waals surface area contributed by atoms with E-state index < -0.39 is 28.0 Å². The summed E-state index contributed by atoms with van der Waals surface area (Å²) >= 11 is 3.25. The summed E-state index contributed by atoms with van der Waals surface area (Å²) in [6.45, 7) is 0.252. The van der Waals surface area contributed by atoms with E-state index in [0.717, 1.165) is 0 Å². The minimum absolute atomic E-state index is 0.000858. The molecule has 0 spiro atoms. The molecule has 1 amide bonds. The Morgan fingerprint density at radius 2 is 1.82 bits per heavy atom. The van der Waals surface area contributed by atoms with Gasteiger partial charge in [-0.05, 0) is 43.9 Å². The largest absolute Gasteiger partial charge is 0.393 e. The van der Waals surface area contributed by atoms with E-state index in [1.165, 1.54) is 21.3 Å². The molecule has 0 aromatic heterocycles. The van der Waals surface area contributed by atoms with Gasteiger partial charge in [0.1, 0.15) is 0 Å². The van der Waals surface area contributed by atoms with Crippen LogP contribution in [0.2, 0.25) is 0 Å². The molecule has 2 atom stereocenters. The summed E-state index contributed by atoms with van der Waals surface area (Å²) in [5.41, 5.74) is 0. The molecule has 2 fully saturated rings.